The van der Waals surface area contributed by atoms with Gasteiger partial charge in [0.05, 0.1) is 18.9 Å². The number of aryl methyl sites for hydroxylation is 1. The largest absolute Gasteiger partial charge is 0.399 e. The first-order chi connectivity index (χ1) is 6.62. The van der Waals surface area contributed by atoms with Crippen LogP contribution in [0, 0.1) is 6.92 Å². The second kappa shape index (κ2) is 4.73. The van der Waals surface area contributed by atoms with Crippen molar-refractivity contribution in [2.45, 2.75) is 20.8 Å². The molecule has 0 N–H and O–H groups in total. The second-order valence-electron chi connectivity index (χ2n) is 2.64. The number of hydrogen-bond acceptors (Lipinski definition) is 5. The fourth-order valence-corrected chi connectivity index (χ4v) is 2.48. The van der Waals surface area contributed by atoms with E-state index in [0.717, 1.165) is 0 Å². The molecule has 0 aliphatic rings. The molecular formula is C8H14NO4P. The molecule has 0 fully saturated rings. The Morgan fingerprint density at radius 3 is 2.36 bits per heavy atom. The first kappa shape index (κ1) is 11.4. The highest BCUT2D eigenvalue weighted by molar-refractivity contribution is 7.61. The molecule has 6 heteroatoms. The van der Waals surface area contributed by atoms with Gasteiger partial charge in [-0.3, -0.25) is 4.57 Å². The normalized spacial score (nSPS) is 11.9. The third-order valence-electron chi connectivity index (χ3n) is 1.48. The SMILES string of the molecule is CCOP(=O)(OCC)c1cc(C)no1. The molecule has 1 aromatic rings. The Hall–Kier alpha value is -0.640. The fourth-order valence-electron chi connectivity index (χ4n) is 0.984. The van der Waals surface area contributed by atoms with E-state index in [0.29, 0.717) is 18.9 Å². The van der Waals surface area contributed by atoms with Crippen LogP contribution < -0.4 is 5.50 Å². The van der Waals surface area contributed by atoms with Gasteiger partial charge in [0.1, 0.15) is 0 Å². The Morgan fingerprint density at radius 2 is 2.00 bits per heavy atom. The van der Waals surface area contributed by atoms with Gasteiger partial charge in [0.15, 0.2) is 0 Å². The molecule has 0 saturated heterocycles. The van der Waals surface area contributed by atoms with Crippen LogP contribution in [0.5, 0.6) is 0 Å². The Labute approximate surface area is 82.9 Å². The molecule has 0 amide bonds. The van der Waals surface area contributed by atoms with Crippen molar-refractivity contribution in [2.24, 2.45) is 0 Å². The van der Waals surface area contributed by atoms with Gasteiger partial charge in [-0.05, 0) is 20.8 Å². The third-order valence-corrected chi connectivity index (χ3v) is 3.43. The monoisotopic (exact) mass is 219 g/mol. The number of rotatable bonds is 5. The maximum Gasteiger partial charge on any atom is 0.399 e. The summed E-state index contributed by atoms with van der Waals surface area (Å²) in [7, 11) is -3.28. The molecule has 0 aromatic carbocycles. The lowest BCUT2D eigenvalue weighted by Crippen LogP contribution is -2.08. The third kappa shape index (κ3) is 2.44. The van der Waals surface area contributed by atoms with Crippen molar-refractivity contribution in [2.75, 3.05) is 13.2 Å². The van der Waals surface area contributed by atoms with E-state index in [1.54, 1.807) is 26.8 Å². The summed E-state index contributed by atoms with van der Waals surface area (Å²) in [6.07, 6.45) is 0. The van der Waals surface area contributed by atoms with Crippen molar-refractivity contribution >= 4 is 13.1 Å². The second-order valence-corrected chi connectivity index (χ2v) is 4.59. The molecular weight excluding hydrogens is 205 g/mol. The van der Waals surface area contributed by atoms with Crippen LogP contribution in [-0.2, 0) is 13.6 Å². The first-order valence-electron chi connectivity index (χ1n) is 4.45. The molecule has 0 bridgehead atoms. The van der Waals surface area contributed by atoms with E-state index in [4.69, 9.17) is 13.6 Å². The highest BCUT2D eigenvalue weighted by Crippen LogP contribution is 2.46. The molecule has 14 heavy (non-hydrogen) atoms. The quantitative estimate of drug-likeness (QED) is 0.707. The smallest absolute Gasteiger partial charge is 0.348 e. The van der Waals surface area contributed by atoms with Crippen molar-refractivity contribution in [3.8, 4) is 0 Å². The zero-order valence-electron chi connectivity index (χ0n) is 8.52. The van der Waals surface area contributed by atoms with Crippen LogP contribution >= 0.6 is 7.60 Å². The highest BCUT2D eigenvalue weighted by Gasteiger charge is 2.31. The molecule has 0 spiro atoms. The van der Waals surface area contributed by atoms with E-state index < -0.39 is 7.60 Å². The van der Waals surface area contributed by atoms with Gasteiger partial charge >= 0.3 is 7.60 Å². The van der Waals surface area contributed by atoms with Gasteiger partial charge in [-0.1, -0.05) is 5.16 Å². The topological polar surface area (TPSA) is 61.6 Å². The Bertz CT molecular complexity index is 326. The van der Waals surface area contributed by atoms with Crippen LogP contribution in [0.1, 0.15) is 19.5 Å². The van der Waals surface area contributed by atoms with E-state index in [-0.39, 0.29) is 5.50 Å². The molecule has 0 aliphatic heterocycles. The Morgan fingerprint density at radius 1 is 1.43 bits per heavy atom. The molecule has 0 unspecified atom stereocenters. The van der Waals surface area contributed by atoms with Crippen LogP contribution in [0.15, 0.2) is 10.6 Å². The van der Waals surface area contributed by atoms with E-state index in [1.165, 1.54) is 0 Å². The van der Waals surface area contributed by atoms with E-state index in [2.05, 4.69) is 5.16 Å². The van der Waals surface area contributed by atoms with Crippen molar-refractivity contribution in [1.82, 2.24) is 5.16 Å². The van der Waals surface area contributed by atoms with Gasteiger partial charge in [-0.15, -0.1) is 0 Å². The molecule has 1 aromatic heterocycles. The minimum atomic E-state index is -3.28. The summed E-state index contributed by atoms with van der Waals surface area (Å²) in [6, 6.07) is 1.56. The minimum absolute atomic E-state index is 0.165. The molecule has 0 aliphatic carbocycles. The molecule has 1 rings (SSSR count). The summed E-state index contributed by atoms with van der Waals surface area (Å²) in [4.78, 5) is 0. The number of aromatic nitrogens is 1. The summed E-state index contributed by atoms with van der Waals surface area (Å²) in [5, 5.41) is 3.64. The van der Waals surface area contributed by atoms with Gasteiger partial charge in [-0.2, -0.15) is 0 Å². The average molecular weight is 219 g/mol. The highest BCUT2D eigenvalue weighted by atomic mass is 31.2. The minimum Gasteiger partial charge on any atom is -0.348 e. The number of hydrogen-bond donors (Lipinski definition) is 0. The summed E-state index contributed by atoms with van der Waals surface area (Å²) in [5.74, 6) is 0. The Kier molecular flexibility index (Phi) is 3.86. The molecule has 0 saturated carbocycles. The Balaban J connectivity index is 2.93. The lowest BCUT2D eigenvalue weighted by Gasteiger charge is -2.12. The van der Waals surface area contributed by atoms with Crippen LogP contribution in [-0.4, -0.2) is 18.4 Å². The van der Waals surface area contributed by atoms with Crippen molar-refractivity contribution in [3.63, 3.8) is 0 Å². The van der Waals surface area contributed by atoms with Gasteiger partial charge < -0.3 is 13.6 Å². The van der Waals surface area contributed by atoms with Gasteiger partial charge in [0.2, 0.25) is 5.50 Å². The molecule has 5 nitrogen and oxygen atoms in total. The van der Waals surface area contributed by atoms with Crippen molar-refractivity contribution in [1.29, 1.82) is 0 Å². The summed E-state index contributed by atoms with van der Waals surface area (Å²) in [6.45, 7) is 5.84. The van der Waals surface area contributed by atoms with Crippen LogP contribution in [0.3, 0.4) is 0 Å². The standard InChI is InChI=1S/C8H14NO4P/c1-4-11-14(10,12-5-2)8-6-7(3)9-13-8/h6H,4-5H2,1-3H3. The lowest BCUT2D eigenvalue weighted by molar-refractivity contribution is 0.223. The molecule has 0 atom stereocenters. The van der Waals surface area contributed by atoms with Gasteiger partial charge in [-0.25, -0.2) is 0 Å². The predicted octanol–water partition coefficient (Wildman–Crippen LogP) is 1.87. The van der Waals surface area contributed by atoms with Crippen molar-refractivity contribution < 1.29 is 18.1 Å². The molecule has 0 radical (unpaired) electrons. The molecule has 1 heterocycles. The average Bonchev–Trinajstić information content (AvgIpc) is 2.53. The van der Waals surface area contributed by atoms with Crippen LogP contribution in [0.4, 0.5) is 0 Å². The van der Waals surface area contributed by atoms with Gasteiger partial charge in [0.25, 0.3) is 0 Å². The van der Waals surface area contributed by atoms with E-state index in [9.17, 15) is 4.57 Å². The summed E-state index contributed by atoms with van der Waals surface area (Å²) < 4.78 is 27.1. The molecule has 80 valence electrons. The maximum atomic E-state index is 12.0. The first-order valence-corrected chi connectivity index (χ1v) is 5.99. The van der Waals surface area contributed by atoms with E-state index >= 15 is 0 Å². The summed E-state index contributed by atoms with van der Waals surface area (Å²) >= 11 is 0. The van der Waals surface area contributed by atoms with Crippen molar-refractivity contribution in [3.05, 3.63) is 11.8 Å². The number of nitrogens with zero attached hydrogens (tertiary/aromatic N) is 1. The predicted molar refractivity (Wildman–Crippen MR) is 51.7 cm³/mol. The zero-order valence-corrected chi connectivity index (χ0v) is 9.41. The van der Waals surface area contributed by atoms with E-state index in [1.807, 2.05) is 0 Å². The van der Waals surface area contributed by atoms with Crippen LogP contribution in [0.25, 0.3) is 0 Å². The van der Waals surface area contributed by atoms with Gasteiger partial charge in [0, 0.05) is 6.07 Å². The fraction of sp³-hybridized carbons (Fsp3) is 0.625. The lowest BCUT2D eigenvalue weighted by atomic mass is 10.5. The summed E-state index contributed by atoms with van der Waals surface area (Å²) in [5.41, 5.74) is 0.818. The zero-order chi connectivity index (χ0) is 10.6. The maximum absolute atomic E-state index is 12.0. The van der Waals surface area contributed by atoms with Crippen LogP contribution in [0.2, 0.25) is 0 Å².